The van der Waals surface area contributed by atoms with E-state index in [0.717, 1.165) is 22.2 Å². The van der Waals surface area contributed by atoms with Gasteiger partial charge in [-0.3, -0.25) is 14.4 Å². The second-order valence-electron chi connectivity index (χ2n) is 12.8. The number of halogens is 4. The van der Waals surface area contributed by atoms with Crippen molar-refractivity contribution in [3.05, 3.63) is 57.4 Å². The molecule has 1 aromatic carbocycles. The molecule has 3 fully saturated rings. The molecule has 8 nitrogen and oxygen atoms in total. The molecule has 0 radical (unpaired) electrons. The molecular formula is C32H35ClF3N3O5. The number of likely N-dealkylation sites (tertiary alicyclic amines) is 1. The van der Waals surface area contributed by atoms with E-state index < -0.39 is 29.4 Å². The minimum absolute atomic E-state index is 0.0558. The van der Waals surface area contributed by atoms with Crippen LogP contribution in [0.25, 0.3) is 5.57 Å². The van der Waals surface area contributed by atoms with Crippen LogP contribution in [0.2, 0.25) is 5.02 Å². The van der Waals surface area contributed by atoms with Gasteiger partial charge in [0.1, 0.15) is 0 Å². The summed E-state index contributed by atoms with van der Waals surface area (Å²) < 4.78 is 49.0. The number of carboxylic acids is 1. The molecule has 44 heavy (non-hydrogen) atoms. The highest BCUT2D eigenvalue weighted by molar-refractivity contribution is 6.34. The average Bonchev–Trinajstić information content (AvgIpc) is 3.56. The fourth-order valence-corrected chi connectivity index (χ4v) is 7.24. The van der Waals surface area contributed by atoms with Crippen LogP contribution in [0.5, 0.6) is 0 Å². The number of ether oxygens (including phenoxy) is 1. The zero-order valence-corrected chi connectivity index (χ0v) is 25.3. The second-order valence-corrected chi connectivity index (χ2v) is 13.2. The van der Waals surface area contributed by atoms with Gasteiger partial charge in [-0.2, -0.15) is 18.3 Å². The van der Waals surface area contributed by atoms with E-state index in [9.17, 15) is 32.7 Å². The number of carbonyl (C=O) groups excluding carboxylic acids is 2. The van der Waals surface area contributed by atoms with Crippen LogP contribution in [0.4, 0.5) is 13.2 Å². The highest BCUT2D eigenvalue weighted by atomic mass is 35.5. The lowest BCUT2D eigenvalue weighted by Gasteiger charge is -2.37. The third kappa shape index (κ3) is 5.36. The fraction of sp³-hybridized carbons (Fsp3) is 0.562. The molecule has 0 bridgehead atoms. The summed E-state index contributed by atoms with van der Waals surface area (Å²) in [6.07, 6.45) is 0.333. The normalized spacial score (nSPS) is 22.1. The van der Waals surface area contributed by atoms with Crippen molar-refractivity contribution in [1.29, 1.82) is 0 Å². The molecule has 4 aliphatic rings. The second kappa shape index (κ2) is 11.3. The molecule has 236 valence electrons. The van der Waals surface area contributed by atoms with Gasteiger partial charge in [-0.25, -0.2) is 4.68 Å². The van der Waals surface area contributed by atoms with Crippen molar-refractivity contribution in [2.45, 2.75) is 76.3 Å². The Morgan fingerprint density at radius 1 is 1.18 bits per heavy atom. The van der Waals surface area contributed by atoms with Crippen LogP contribution in [0.15, 0.2) is 24.3 Å². The van der Waals surface area contributed by atoms with Crippen LogP contribution >= 0.6 is 11.6 Å². The van der Waals surface area contributed by atoms with Gasteiger partial charge in [0.2, 0.25) is 5.91 Å². The van der Waals surface area contributed by atoms with Crippen molar-refractivity contribution < 1.29 is 37.4 Å². The van der Waals surface area contributed by atoms with Crippen molar-refractivity contribution >= 4 is 35.0 Å². The molecule has 0 unspecified atom stereocenters. The first kappa shape index (κ1) is 30.8. The maximum absolute atomic E-state index is 14.2. The molecule has 1 amide bonds. The fourth-order valence-electron chi connectivity index (χ4n) is 6.99. The number of carboxylic acid groups (broad SMARTS) is 1. The molecule has 1 saturated carbocycles. The molecule has 2 saturated heterocycles. The number of amides is 1. The number of aromatic nitrogens is 2. The van der Waals surface area contributed by atoms with E-state index in [1.54, 1.807) is 6.92 Å². The highest BCUT2D eigenvalue weighted by Gasteiger charge is 2.65. The quantitative estimate of drug-likeness (QED) is 0.385. The summed E-state index contributed by atoms with van der Waals surface area (Å²) in [7, 11) is 0. The van der Waals surface area contributed by atoms with Crippen LogP contribution in [0, 0.1) is 18.3 Å². The molecule has 1 atom stereocenters. The smallest absolute Gasteiger partial charge is 0.398 e. The van der Waals surface area contributed by atoms with Gasteiger partial charge in [-0.05, 0) is 75.5 Å². The summed E-state index contributed by atoms with van der Waals surface area (Å²) in [6, 6.07) is 4.15. The number of alkyl halides is 3. The Kier molecular flexibility index (Phi) is 7.93. The van der Waals surface area contributed by atoms with Gasteiger partial charge in [0.15, 0.2) is 0 Å². The number of aliphatic carboxylic acids is 1. The van der Waals surface area contributed by atoms with Crippen molar-refractivity contribution in [3.63, 3.8) is 0 Å². The van der Waals surface area contributed by atoms with Crippen molar-refractivity contribution in [2.24, 2.45) is 11.3 Å². The van der Waals surface area contributed by atoms with Gasteiger partial charge in [0, 0.05) is 36.2 Å². The van der Waals surface area contributed by atoms with E-state index in [2.05, 4.69) is 5.10 Å². The summed E-state index contributed by atoms with van der Waals surface area (Å²) >= 11 is 6.42. The maximum Gasteiger partial charge on any atom is 0.398 e. The number of rotatable bonds is 8. The molecule has 2 aromatic rings. The van der Waals surface area contributed by atoms with E-state index in [0.29, 0.717) is 76.2 Å². The first-order valence-corrected chi connectivity index (χ1v) is 15.5. The van der Waals surface area contributed by atoms with Crippen LogP contribution in [-0.2, 0) is 26.2 Å². The van der Waals surface area contributed by atoms with E-state index in [1.165, 1.54) is 18.2 Å². The first-order chi connectivity index (χ1) is 20.9. The van der Waals surface area contributed by atoms with Gasteiger partial charge >= 0.3 is 12.1 Å². The topological polar surface area (TPSA) is 102 Å². The zero-order valence-electron chi connectivity index (χ0n) is 24.5. The molecule has 2 aliphatic heterocycles. The first-order valence-electron chi connectivity index (χ1n) is 15.1. The van der Waals surface area contributed by atoms with Gasteiger partial charge in [0.05, 0.1) is 40.8 Å². The lowest BCUT2D eigenvalue weighted by Crippen LogP contribution is -2.45. The van der Waals surface area contributed by atoms with Crippen molar-refractivity contribution in [2.75, 3.05) is 26.3 Å². The summed E-state index contributed by atoms with van der Waals surface area (Å²) in [4.78, 5) is 40.5. The largest absolute Gasteiger partial charge is 0.481 e. The minimum atomic E-state index is -4.54. The highest BCUT2D eigenvalue weighted by Crippen LogP contribution is 2.60. The third-order valence-electron chi connectivity index (χ3n) is 9.96. The van der Waals surface area contributed by atoms with Crippen LogP contribution in [0.1, 0.15) is 84.2 Å². The predicted octanol–water partition coefficient (Wildman–Crippen LogP) is 5.97. The van der Waals surface area contributed by atoms with Gasteiger partial charge in [-0.15, -0.1) is 0 Å². The molecule has 3 heterocycles. The Hall–Kier alpha value is -3.18. The Balaban J connectivity index is 1.30. The minimum Gasteiger partial charge on any atom is -0.481 e. The Morgan fingerprint density at radius 3 is 2.50 bits per heavy atom. The molecule has 2 aliphatic carbocycles. The molecule has 12 heteroatoms. The average molecular weight is 634 g/mol. The van der Waals surface area contributed by atoms with Gasteiger partial charge < -0.3 is 14.7 Å². The van der Waals surface area contributed by atoms with E-state index in [-0.39, 0.29) is 40.3 Å². The van der Waals surface area contributed by atoms with E-state index >= 15 is 0 Å². The van der Waals surface area contributed by atoms with Crippen molar-refractivity contribution in [1.82, 2.24) is 14.7 Å². The SMILES string of the molecule is Cc1c(CCCC(=O)N2CCC3(COC3)C2)c(C2=CC[C@@H](C(=O)O)CC2)nn1C(=O)c1c(Cl)cccc1C1(C(F)(F)F)CC1. The summed E-state index contributed by atoms with van der Waals surface area (Å²) in [5.74, 6) is -2.08. The molecular weight excluding hydrogens is 599 g/mol. The maximum atomic E-state index is 14.2. The Labute approximate surface area is 258 Å². The van der Waals surface area contributed by atoms with Crippen molar-refractivity contribution in [3.8, 4) is 0 Å². The number of benzene rings is 1. The number of allylic oxidation sites excluding steroid dienone is 2. The third-order valence-corrected chi connectivity index (χ3v) is 10.3. The zero-order chi connectivity index (χ0) is 31.4. The van der Waals surface area contributed by atoms with Crippen LogP contribution < -0.4 is 0 Å². The van der Waals surface area contributed by atoms with E-state index in [4.69, 9.17) is 16.3 Å². The van der Waals surface area contributed by atoms with Crippen LogP contribution in [0.3, 0.4) is 0 Å². The van der Waals surface area contributed by atoms with Crippen LogP contribution in [-0.4, -0.2) is 70.1 Å². The molecule has 1 N–H and O–H groups in total. The summed E-state index contributed by atoms with van der Waals surface area (Å²) in [5, 5.41) is 14.0. The number of nitrogens with zero attached hydrogens (tertiary/aromatic N) is 3. The Morgan fingerprint density at radius 2 is 1.93 bits per heavy atom. The number of hydrogen-bond acceptors (Lipinski definition) is 5. The summed E-state index contributed by atoms with van der Waals surface area (Å²) in [5.41, 5.74) is 0.109. The van der Waals surface area contributed by atoms with E-state index in [1.807, 2.05) is 11.0 Å². The predicted molar refractivity (Wildman–Crippen MR) is 155 cm³/mol. The molecule has 6 rings (SSSR count). The lowest BCUT2D eigenvalue weighted by atomic mass is 9.85. The lowest BCUT2D eigenvalue weighted by molar-refractivity contribution is -0.160. The monoisotopic (exact) mass is 633 g/mol. The number of carbonyl (C=O) groups is 3. The van der Waals surface area contributed by atoms with Gasteiger partial charge in [-0.1, -0.05) is 29.8 Å². The number of hydrogen-bond donors (Lipinski definition) is 1. The summed E-state index contributed by atoms with van der Waals surface area (Å²) in [6.45, 7) is 4.46. The molecule has 1 aromatic heterocycles. The molecule has 1 spiro atoms. The van der Waals surface area contributed by atoms with Gasteiger partial charge in [0.25, 0.3) is 5.91 Å². The Bertz CT molecular complexity index is 1540. The standard InChI is InChI=1S/C32H35ClF3N3O5/c1-19-22(4-2-7-25(40)38-15-14-30(16-38)17-44-18-30)27(20-8-10-21(11-9-20)29(42)43)37-39(19)28(41)26-23(5-3-6-24(26)33)31(12-13-31)32(34,35)36/h3,5-6,8,21H,2,4,7,9-18H2,1H3,(H,42,43)/t21-/m1/s1.